The first-order chi connectivity index (χ1) is 9.17. The minimum Gasteiger partial charge on any atom is -0.491 e. The lowest BCUT2D eigenvalue weighted by Gasteiger charge is -2.11. The first-order valence-corrected chi connectivity index (χ1v) is 6.07. The summed E-state index contributed by atoms with van der Waals surface area (Å²) in [6.07, 6.45) is 1.77. The Morgan fingerprint density at radius 3 is 2.53 bits per heavy atom. The summed E-state index contributed by atoms with van der Waals surface area (Å²) >= 11 is 0. The molecule has 0 amide bonds. The summed E-state index contributed by atoms with van der Waals surface area (Å²) in [6, 6.07) is 13.2. The lowest BCUT2D eigenvalue weighted by molar-refractivity contribution is 0.242. The van der Waals surface area contributed by atoms with Gasteiger partial charge >= 0.3 is 0 Å². The third kappa shape index (κ3) is 3.71. The van der Waals surface area contributed by atoms with E-state index in [0.29, 0.717) is 5.69 Å². The van der Waals surface area contributed by atoms with Crippen LogP contribution in [-0.2, 0) is 0 Å². The van der Waals surface area contributed by atoms with Crippen molar-refractivity contribution in [3.05, 3.63) is 48.3 Å². The second-order valence-electron chi connectivity index (χ2n) is 4.36. The number of nitriles is 1. The lowest BCUT2D eigenvalue weighted by atomic mass is 10.2. The van der Waals surface area contributed by atoms with E-state index in [1.165, 1.54) is 0 Å². The van der Waals surface area contributed by atoms with Crippen LogP contribution in [0, 0.1) is 11.3 Å². The Labute approximate surface area is 112 Å². The molecular weight excluding hydrogens is 238 g/mol. The molecule has 0 bridgehead atoms. The highest BCUT2D eigenvalue weighted by atomic mass is 16.5. The Balaban J connectivity index is 2.09. The van der Waals surface area contributed by atoms with Crippen molar-refractivity contribution in [3.8, 4) is 11.8 Å². The predicted octanol–water partition coefficient (Wildman–Crippen LogP) is 3.48. The Morgan fingerprint density at radius 1 is 1.16 bits per heavy atom. The Morgan fingerprint density at radius 2 is 1.89 bits per heavy atom. The van der Waals surface area contributed by atoms with Crippen LogP contribution in [0.5, 0.6) is 5.75 Å². The van der Waals surface area contributed by atoms with E-state index in [1.54, 1.807) is 12.3 Å². The summed E-state index contributed by atoms with van der Waals surface area (Å²) < 4.78 is 5.58. The standard InChI is InChI=1S/C15H15N3O/c1-11(2)19-15-5-3-12(4-6-15)18-13-7-8-17-14(9-13)10-16/h3-9,11H,1-2H3,(H,17,18). The van der Waals surface area contributed by atoms with Crippen molar-refractivity contribution in [2.45, 2.75) is 20.0 Å². The number of benzene rings is 1. The zero-order valence-electron chi connectivity index (χ0n) is 10.9. The first kappa shape index (κ1) is 12.9. The van der Waals surface area contributed by atoms with Gasteiger partial charge in [0.2, 0.25) is 0 Å². The van der Waals surface area contributed by atoms with Gasteiger partial charge in [-0.1, -0.05) is 0 Å². The third-order valence-corrected chi connectivity index (χ3v) is 2.39. The minimum absolute atomic E-state index is 0.164. The van der Waals surface area contributed by atoms with E-state index < -0.39 is 0 Å². The molecule has 0 radical (unpaired) electrons. The molecular formula is C15H15N3O. The van der Waals surface area contributed by atoms with Crippen LogP contribution in [0.1, 0.15) is 19.5 Å². The molecule has 0 aliphatic heterocycles. The maximum Gasteiger partial charge on any atom is 0.142 e. The summed E-state index contributed by atoms with van der Waals surface area (Å²) in [5.74, 6) is 0.841. The number of pyridine rings is 1. The molecule has 1 aromatic carbocycles. The van der Waals surface area contributed by atoms with Gasteiger partial charge in [-0.2, -0.15) is 5.26 Å². The molecule has 0 aliphatic carbocycles. The van der Waals surface area contributed by atoms with Crippen molar-refractivity contribution >= 4 is 11.4 Å². The summed E-state index contributed by atoms with van der Waals surface area (Å²) in [6.45, 7) is 3.99. The van der Waals surface area contributed by atoms with Gasteiger partial charge in [-0.25, -0.2) is 4.98 Å². The van der Waals surface area contributed by atoms with Gasteiger partial charge < -0.3 is 10.1 Å². The fourth-order valence-electron chi connectivity index (χ4n) is 1.63. The quantitative estimate of drug-likeness (QED) is 0.906. The molecule has 0 unspecified atom stereocenters. The van der Waals surface area contributed by atoms with Crippen molar-refractivity contribution in [1.82, 2.24) is 4.98 Å². The van der Waals surface area contributed by atoms with Crippen LogP contribution in [0.4, 0.5) is 11.4 Å². The van der Waals surface area contributed by atoms with Gasteiger partial charge in [0.15, 0.2) is 0 Å². The van der Waals surface area contributed by atoms with Crippen LogP contribution in [0.25, 0.3) is 0 Å². The maximum absolute atomic E-state index is 8.79. The van der Waals surface area contributed by atoms with Gasteiger partial charge in [-0.05, 0) is 50.2 Å². The molecule has 4 nitrogen and oxygen atoms in total. The van der Waals surface area contributed by atoms with E-state index in [-0.39, 0.29) is 6.10 Å². The van der Waals surface area contributed by atoms with Crippen LogP contribution in [-0.4, -0.2) is 11.1 Å². The van der Waals surface area contributed by atoms with E-state index in [0.717, 1.165) is 17.1 Å². The summed E-state index contributed by atoms with van der Waals surface area (Å²) in [4.78, 5) is 3.93. The topological polar surface area (TPSA) is 57.9 Å². The van der Waals surface area contributed by atoms with E-state index in [9.17, 15) is 0 Å². The number of ether oxygens (including phenoxy) is 1. The van der Waals surface area contributed by atoms with Gasteiger partial charge in [0.05, 0.1) is 6.10 Å². The van der Waals surface area contributed by atoms with Crippen molar-refractivity contribution in [3.63, 3.8) is 0 Å². The molecule has 0 spiro atoms. The zero-order valence-corrected chi connectivity index (χ0v) is 10.9. The highest BCUT2D eigenvalue weighted by molar-refractivity contribution is 5.60. The molecule has 4 heteroatoms. The van der Waals surface area contributed by atoms with Crippen LogP contribution >= 0.6 is 0 Å². The van der Waals surface area contributed by atoms with E-state index in [2.05, 4.69) is 10.3 Å². The number of aromatic nitrogens is 1. The number of nitrogens with zero attached hydrogens (tertiary/aromatic N) is 2. The summed E-state index contributed by atoms with van der Waals surface area (Å²) in [5.41, 5.74) is 2.17. The predicted molar refractivity (Wildman–Crippen MR) is 74.4 cm³/mol. The fraction of sp³-hybridized carbons (Fsp3) is 0.200. The number of anilines is 2. The van der Waals surface area contributed by atoms with E-state index in [4.69, 9.17) is 10.00 Å². The average Bonchev–Trinajstić information content (AvgIpc) is 2.41. The Kier molecular flexibility index (Phi) is 3.99. The molecule has 2 rings (SSSR count). The third-order valence-electron chi connectivity index (χ3n) is 2.39. The lowest BCUT2D eigenvalue weighted by Crippen LogP contribution is -2.05. The molecule has 1 aromatic heterocycles. The van der Waals surface area contributed by atoms with Crippen molar-refractivity contribution in [2.75, 3.05) is 5.32 Å². The number of hydrogen-bond acceptors (Lipinski definition) is 4. The second kappa shape index (κ2) is 5.87. The normalized spacial score (nSPS) is 10.0. The van der Waals surface area contributed by atoms with E-state index >= 15 is 0 Å². The largest absolute Gasteiger partial charge is 0.491 e. The van der Waals surface area contributed by atoms with Crippen molar-refractivity contribution in [1.29, 1.82) is 5.26 Å². The number of rotatable bonds is 4. The SMILES string of the molecule is CC(C)Oc1ccc(Nc2ccnc(C#N)c2)cc1. The van der Waals surface area contributed by atoms with Gasteiger partial charge in [0, 0.05) is 17.6 Å². The van der Waals surface area contributed by atoms with Crippen molar-refractivity contribution in [2.24, 2.45) is 0 Å². The molecule has 19 heavy (non-hydrogen) atoms. The highest BCUT2D eigenvalue weighted by Gasteiger charge is 2.00. The highest BCUT2D eigenvalue weighted by Crippen LogP contribution is 2.20. The number of nitrogens with one attached hydrogen (secondary N) is 1. The molecule has 0 atom stereocenters. The van der Waals surface area contributed by atoms with Gasteiger partial charge in [-0.15, -0.1) is 0 Å². The molecule has 0 saturated carbocycles. The minimum atomic E-state index is 0.164. The molecule has 0 saturated heterocycles. The molecule has 96 valence electrons. The monoisotopic (exact) mass is 253 g/mol. The Bertz CT molecular complexity index is 585. The van der Waals surface area contributed by atoms with Crippen LogP contribution in [0.2, 0.25) is 0 Å². The summed E-state index contributed by atoms with van der Waals surface area (Å²) in [7, 11) is 0. The fourth-order valence-corrected chi connectivity index (χ4v) is 1.63. The molecule has 0 aliphatic rings. The van der Waals surface area contributed by atoms with Crippen molar-refractivity contribution < 1.29 is 4.74 Å². The maximum atomic E-state index is 8.79. The van der Waals surface area contributed by atoms with E-state index in [1.807, 2.05) is 50.2 Å². The smallest absolute Gasteiger partial charge is 0.142 e. The molecule has 2 aromatic rings. The van der Waals surface area contributed by atoms with Gasteiger partial charge in [0.1, 0.15) is 17.5 Å². The van der Waals surface area contributed by atoms with Gasteiger partial charge in [0.25, 0.3) is 0 Å². The summed E-state index contributed by atoms with van der Waals surface area (Å²) in [5, 5.41) is 12.0. The molecule has 1 N–H and O–H groups in total. The van der Waals surface area contributed by atoms with Crippen LogP contribution in [0.3, 0.4) is 0 Å². The zero-order chi connectivity index (χ0) is 13.7. The Hall–Kier alpha value is -2.54. The second-order valence-corrected chi connectivity index (χ2v) is 4.36. The average molecular weight is 253 g/mol. The first-order valence-electron chi connectivity index (χ1n) is 6.07. The number of hydrogen-bond donors (Lipinski definition) is 1. The van der Waals surface area contributed by atoms with Gasteiger partial charge in [-0.3, -0.25) is 0 Å². The van der Waals surface area contributed by atoms with Crippen LogP contribution in [0.15, 0.2) is 42.6 Å². The molecule has 0 fully saturated rings. The van der Waals surface area contributed by atoms with Crippen LogP contribution < -0.4 is 10.1 Å². The molecule has 1 heterocycles.